The van der Waals surface area contributed by atoms with Crippen LogP contribution in [0.2, 0.25) is 0 Å². The van der Waals surface area contributed by atoms with Gasteiger partial charge >= 0.3 is 0 Å². The maximum absolute atomic E-state index is 4.47. The lowest BCUT2D eigenvalue weighted by Crippen LogP contribution is -2.24. The number of thiophene rings is 1. The number of hydrogen-bond donors (Lipinski definition) is 1. The van der Waals surface area contributed by atoms with Gasteiger partial charge in [0.2, 0.25) is 0 Å². The normalized spacial score (nSPS) is 12.8. The predicted octanol–water partition coefficient (Wildman–Crippen LogP) is 3.25. The number of aryl methyl sites for hydroxylation is 1. The molecule has 1 unspecified atom stereocenters. The van der Waals surface area contributed by atoms with Gasteiger partial charge in [-0.05, 0) is 31.3 Å². The average Bonchev–Trinajstić information content (AvgIpc) is 3.04. The van der Waals surface area contributed by atoms with Gasteiger partial charge < -0.3 is 9.88 Å². The second kappa shape index (κ2) is 6.71. The molecule has 0 aromatic carbocycles. The third-order valence-electron chi connectivity index (χ3n) is 3.06. The van der Waals surface area contributed by atoms with E-state index in [1.807, 2.05) is 17.5 Å². The molecule has 3 nitrogen and oxygen atoms in total. The van der Waals surface area contributed by atoms with Crippen LogP contribution in [0.15, 0.2) is 29.9 Å². The molecule has 98 valence electrons. The second-order valence-electron chi connectivity index (χ2n) is 4.36. The molecule has 1 N–H and O–H groups in total. The first-order chi connectivity index (χ1) is 8.85. The van der Waals surface area contributed by atoms with Gasteiger partial charge in [0.15, 0.2) is 0 Å². The molecule has 0 spiro atoms. The average molecular weight is 263 g/mol. The van der Waals surface area contributed by atoms with E-state index in [0.29, 0.717) is 6.04 Å². The molecule has 0 saturated heterocycles. The number of rotatable bonds is 7. The van der Waals surface area contributed by atoms with Crippen molar-refractivity contribution in [3.63, 3.8) is 0 Å². The molecule has 0 fully saturated rings. The molecule has 0 radical (unpaired) electrons. The smallest absolute Gasteiger partial charge is 0.110 e. The Morgan fingerprint density at radius 3 is 3.00 bits per heavy atom. The highest BCUT2D eigenvalue weighted by Crippen LogP contribution is 2.22. The number of aromatic nitrogens is 2. The molecular formula is C14H21N3S. The van der Waals surface area contributed by atoms with Crippen LogP contribution in [0.5, 0.6) is 0 Å². The van der Waals surface area contributed by atoms with Crippen molar-refractivity contribution in [2.24, 2.45) is 0 Å². The van der Waals surface area contributed by atoms with Gasteiger partial charge in [-0.1, -0.05) is 13.0 Å². The van der Waals surface area contributed by atoms with Crippen molar-refractivity contribution in [2.45, 2.75) is 39.3 Å². The Morgan fingerprint density at radius 2 is 2.33 bits per heavy atom. The number of hydrogen-bond acceptors (Lipinski definition) is 3. The minimum atomic E-state index is 0.387. The van der Waals surface area contributed by atoms with E-state index >= 15 is 0 Å². The van der Waals surface area contributed by atoms with E-state index in [0.717, 1.165) is 25.9 Å². The van der Waals surface area contributed by atoms with Crippen LogP contribution in [0.3, 0.4) is 0 Å². The van der Waals surface area contributed by atoms with E-state index in [9.17, 15) is 0 Å². The third-order valence-corrected chi connectivity index (χ3v) is 4.04. The van der Waals surface area contributed by atoms with Crippen LogP contribution in [-0.4, -0.2) is 16.1 Å². The van der Waals surface area contributed by atoms with E-state index in [-0.39, 0.29) is 0 Å². The summed E-state index contributed by atoms with van der Waals surface area (Å²) in [5, 5.41) is 5.76. The van der Waals surface area contributed by atoms with Crippen molar-refractivity contribution in [1.29, 1.82) is 0 Å². The van der Waals surface area contributed by atoms with Crippen LogP contribution >= 0.6 is 11.3 Å². The summed E-state index contributed by atoms with van der Waals surface area (Å²) in [5.41, 5.74) is 0. The standard InChI is InChI=1S/C14H21N3S/c1-3-7-15-12(13-6-5-10-18-13)11-14-16-8-9-17(14)4-2/h5-6,8-10,12,15H,3-4,7,11H2,1-2H3. The lowest BCUT2D eigenvalue weighted by atomic mass is 10.1. The Labute approximate surface area is 113 Å². The summed E-state index contributed by atoms with van der Waals surface area (Å²) in [7, 11) is 0. The summed E-state index contributed by atoms with van der Waals surface area (Å²) in [6, 6.07) is 4.71. The fourth-order valence-corrected chi connectivity index (χ4v) is 2.88. The van der Waals surface area contributed by atoms with Crippen LogP contribution in [-0.2, 0) is 13.0 Å². The van der Waals surface area contributed by atoms with E-state index < -0.39 is 0 Å². The Balaban J connectivity index is 2.10. The molecule has 0 bridgehead atoms. The molecule has 0 saturated carbocycles. The highest BCUT2D eigenvalue weighted by atomic mass is 32.1. The van der Waals surface area contributed by atoms with Crippen LogP contribution in [0.25, 0.3) is 0 Å². The molecule has 2 aromatic rings. The van der Waals surface area contributed by atoms with Crippen molar-refractivity contribution in [3.05, 3.63) is 40.6 Å². The highest BCUT2D eigenvalue weighted by Gasteiger charge is 2.15. The van der Waals surface area contributed by atoms with Gasteiger partial charge in [0.25, 0.3) is 0 Å². The van der Waals surface area contributed by atoms with Crippen LogP contribution in [0, 0.1) is 0 Å². The first-order valence-corrected chi connectivity index (χ1v) is 7.49. The third kappa shape index (κ3) is 3.21. The molecule has 1 atom stereocenters. The summed E-state index contributed by atoms with van der Waals surface area (Å²) in [4.78, 5) is 5.87. The highest BCUT2D eigenvalue weighted by molar-refractivity contribution is 7.10. The van der Waals surface area contributed by atoms with Crippen LogP contribution in [0.1, 0.15) is 37.0 Å². The SMILES string of the molecule is CCCNC(Cc1nccn1CC)c1cccs1. The lowest BCUT2D eigenvalue weighted by Gasteiger charge is -2.17. The molecular weight excluding hydrogens is 242 g/mol. The topological polar surface area (TPSA) is 29.9 Å². The van der Waals surface area contributed by atoms with Crippen LogP contribution < -0.4 is 5.32 Å². The van der Waals surface area contributed by atoms with Gasteiger partial charge in [-0.15, -0.1) is 11.3 Å². The Morgan fingerprint density at radius 1 is 1.44 bits per heavy atom. The molecule has 0 aliphatic rings. The van der Waals surface area contributed by atoms with Gasteiger partial charge in [-0.3, -0.25) is 0 Å². The zero-order valence-electron chi connectivity index (χ0n) is 11.1. The molecule has 2 aromatic heterocycles. The zero-order chi connectivity index (χ0) is 12.8. The van der Waals surface area contributed by atoms with Crippen molar-refractivity contribution in [3.8, 4) is 0 Å². The van der Waals surface area contributed by atoms with Gasteiger partial charge in [-0.25, -0.2) is 4.98 Å². The minimum absolute atomic E-state index is 0.387. The molecule has 2 heterocycles. The first-order valence-electron chi connectivity index (χ1n) is 6.62. The number of nitrogens with zero attached hydrogens (tertiary/aromatic N) is 2. The van der Waals surface area contributed by atoms with Crippen molar-refractivity contribution in [2.75, 3.05) is 6.54 Å². The van der Waals surface area contributed by atoms with Crippen molar-refractivity contribution in [1.82, 2.24) is 14.9 Å². The molecule has 0 aliphatic carbocycles. The fourth-order valence-electron chi connectivity index (χ4n) is 2.08. The summed E-state index contributed by atoms with van der Waals surface area (Å²) in [6.07, 6.45) is 6.07. The minimum Gasteiger partial charge on any atom is -0.335 e. The predicted molar refractivity (Wildman–Crippen MR) is 77.0 cm³/mol. The number of nitrogens with one attached hydrogen (secondary N) is 1. The molecule has 0 amide bonds. The molecule has 4 heteroatoms. The fraction of sp³-hybridized carbons (Fsp3) is 0.500. The van der Waals surface area contributed by atoms with Gasteiger partial charge in [0.1, 0.15) is 5.82 Å². The zero-order valence-corrected chi connectivity index (χ0v) is 11.9. The Bertz CT molecular complexity index is 447. The van der Waals surface area contributed by atoms with E-state index in [1.54, 1.807) is 0 Å². The molecule has 2 rings (SSSR count). The largest absolute Gasteiger partial charge is 0.335 e. The maximum Gasteiger partial charge on any atom is 0.110 e. The van der Waals surface area contributed by atoms with E-state index in [4.69, 9.17) is 0 Å². The Hall–Kier alpha value is -1.13. The van der Waals surface area contributed by atoms with E-state index in [2.05, 4.69) is 52.4 Å². The summed E-state index contributed by atoms with van der Waals surface area (Å²) < 4.78 is 2.22. The summed E-state index contributed by atoms with van der Waals surface area (Å²) in [5.74, 6) is 1.17. The number of imidazole rings is 1. The quantitative estimate of drug-likeness (QED) is 0.831. The van der Waals surface area contributed by atoms with Gasteiger partial charge in [0.05, 0.1) is 0 Å². The van der Waals surface area contributed by atoms with Crippen molar-refractivity contribution >= 4 is 11.3 Å². The van der Waals surface area contributed by atoms with E-state index in [1.165, 1.54) is 10.7 Å². The summed E-state index contributed by atoms with van der Waals surface area (Å²) in [6.45, 7) is 6.39. The lowest BCUT2D eigenvalue weighted by molar-refractivity contribution is 0.513. The molecule has 0 aliphatic heterocycles. The first kappa shape index (κ1) is 13.3. The Kier molecular flexibility index (Phi) is 4.96. The van der Waals surface area contributed by atoms with Crippen molar-refractivity contribution < 1.29 is 0 Å². The monoisotopic (exact) mass is 263 g/mol. The molecule has 18 heavy (non-hydrogen) atoms. The maximum atomic E-state index is 4.47. The van der Waals surface area contributed by atoms with Gasteiger partial charge in [0, 0.05) is 36.3 Å². The summed E-state index contributed by atoms with van der Waals surface area (Å²) >= 11 is 1.82. The van der Waals surface area contributed by atoms with Crippen LogP contribution in [0.4, 0.5) is 0 Å². The second-order valence-corrected chi connectivity index (χ2v) is 5.34. The van der Waals surface area contributed by atoms with Gasteiger partial charge in [-0.2, -0.15) is 0 Å².